The van der Waals surface area contributed by atoms with Crippen molar-refractivity contribution in [3.63, 3.8) is 0 Å². The Kier molecular flexibility index (Phi) is 7.35. The van der Waals surface area contributed by atoms with E-state index in [4.69, 9.17) is 9.47 Å². The second-order valence-electron chi connectivity index (χ2n) is 7.54. The molecule has 1 N–H and O–H groups in total. The summed E-state index contributed by atoms with van der Waals surface area (Å²) in [7, 11) is 0. The first-order chi connectivity index (χ1) is 16.6. The maximum Gasteiger partial charge on any atom is 0.271 e. The maximum atomic E-state index is 12.5. The van der Waals surface area contributed by atoms with Gasteiger partial charge >= 0.3 is 0 Å². The van der Waals surface area contributed by atoms with E-state index >= 15 is 0 Å². The maximum absolute atomic E-state index is 12.5. The molecule has 1 amide bonds. The second kappa shape index (κ2) is 11.0. The lowest BCUT2D eigenvalue weighted by Gasteiger charge is -2.08. The number of nitrogens with one attached hydrogen (secondary N) is 1. The Morgan fingerprint density at radius 1 is 0.912 bits per heavy atom. The van der Waals surface area contributed by atoms with Crippen LogP contribution in [-0.2, 0) is 6.61 Å². The number of benzene rings is 3. The molecule has 7 nitrogen and oxygen atoms in total. The first-order valence-corrected chi connectivity index (χ1v) is 11.0. The lowest BCUT2D eigenvalue weighted by Crippen LogP contribution is -2.19. The number of ether oxygens (including phenoxy) is 2. The number of hydrogen-bond acceptors (Lipinski definition) is 5. The van der Waals surface area contributed by atoms with Crippen LogP contribution in [0.1, 0.15) is 35.3 Å². The summed E-state index contributed by atoms with van der Waals surface area (Å²) in [6.45, 7) is 4.84. The molecule has 4 aromatic rings. The number of carbonyl (C=O) groups is 1. The van der Waals surface area contributed by atoms with Crippen molar-refractivity contribution in [1.29, 1.82) is 0 Å². The highest BCUT2D eigenvalue weighted by molar-refractivity contribution is 6.01. The first kappa shape index (κ1) is 22.8. The second-order valence-corrected chi connectivity index (χ2v) is 7.54. The van der Waals surface area contributed by atoms with Crippen LogP contribution in [0.3, 0.4) is 0 Å². The molecular formula is C27H26N4O3. The van der Waals surface area contributed by atoms with E-state index in [9.17, 15) is 4.79 Å². The number of hydrogen-bond donors (Lipinski definition) is 1. The number of imidazole rings is 1. The van der Waals surface area contributed by atoms with E-state index in [0.29, 0.717) is 24.5 Å². The quantitative estimate of drug-likeness (QED) is 0.285. The fraction of sp³-hybridized carbons (Fsp3) is 0.148. The summed E-state index contributed by atoms with van der Waals surface area (Å²) in [5, 5.41) is 4.24. The van der Waals surface area contributed by atoms with Gasteiger partial charge in [-0.2, -0.15) is 5.10 Å². The molecule has 0 radical (unpaired) electrons. The largest absolute Gasteiger partial charge is 0.494 e. The summed E-state index contributed by atoms with van der Waals surface area (Å²) in [5.74, 6) is 1.30. The van der Waals surface area contributed by atoms with Gasteiger partial charge in [-0.15, -0.1) is 0 Å². The van der Waals surface area contributed by atoms with Gasteiger partial charge in [-0.1, -0.05) is 24.3 Å². The zero-order valence-electron chi connectivity index (χ0n) is 19.1. The van der Waals surface area contributed by atoms with Crippen LogP contribution in [-0.4, -0.2) is 27.8 Å². The van der Waals surface area contributed by atoms with Crippen molar-refractivity contribution in [2.75, 3.05) is 6.61 Å². The molecule has 0 spiro atoms. The van der Waals surface area contributed by atoms with Gasteiger partial charge in [0.05, 0.1) is 18.6 Å². The average Bonchev–Trinajstić information content (AvgIpc) is 3.42. The summed E-state index contributed by atoms with van der Waals surface area (Å²) in [5.41, 5.74) is 6.75. The number of nitrogens with zero attached hydrogens (tertiary/aromatic N) is 3. The summed E-state index contributed by atoms with van der Waals surface area (Å²) < 4.78 is 13.2. The summed E-state index contributed by atoms with van der Waals surface area (Å²) >= 11 is 0. The average molecular weight is 455 g/mol. The van der Waals surface area contributed by atoms with Crippen molar-refractivity contribution in [3.05, 3.63) is 108 Å². The molecule has 7 heteroatoms. The van der Waals surface area contributed by atoms with Crippen LogP contribution in [0, 0.1) is 0 Å². The highest BCUT2D eigenvalue weighted by Crippen LogP contribution is 2.19. The van der Waals surface area contributed by atoms with Gasteiger partial charge in [-0.3, -0.25) is 4.79 Å². The van der Waals surface area contributed by atoms with Crippen molar-refractivity contribution in [2.45, 2.75) is 20.5 Å². The Bertz CT molecular complexity index is 1230. The molecular weight excluding hydrogens is 428 g/mol. The van der Waals surface area contributed by atoms with E-state index in [-0.39, 0.29) is 5.91 Å². The van der Waals surface area contributed by atoms with Gasteiger partial charge < -0.3 is 14.0 Å². The highest BCUT2D eigenvalue weighted by atomic mass is 16.5. The summed E-state index contributed by atoms with van der Waals surface area (Å²) in [6.07, 6.45) is 5.36. The molecule has 0 unspecified atom stereocenters. The van der Waals surface area contributed by atoms with Gasteiger partial charge in [0.2, 0.25) is 0 Å². The zero-order chi connectivity index (χ0) is 23.8. The van der Waals surface area contributed by atoms with Crippen molar-refractivity contribution in [3.8, 4) is 17.2 Å². The normalized spacial score (nSPS) is 11.2. The zero-order valence-corrected chi connectivity index (χ0v) is 19.1. The van der Waals surface area contributed by atoms with Crippen LogP contribution in [0.2, 0.25) is 0 Å². The van der Waals surface area contributed by atoms with Gasteiger partial charge in [0, 0.05) is 23.6 Å². The lowest BCUT2D eigenvalue weighted by atomic mass is 10.1. The van der Waals surface area contributed by atoms with Crippen molar-refractivity contribution in [1.82, 2.24) is 15.0 Å². The Balaban J connectivity index is 1.30. The topological polar surface area (TPSA) is 77.7 Å². The van der Waals surface area contributed by atoms with Crippen LogP contribution in [0.25, 0.3) is 5.69 Å². The Hall–Kier alpha value is -4.39. The number of amides is 1. The SMILES string of the molecule is CCOc1ccc(OCc2ccc(C(=O)NN=C(C)c3ccc(-n4ccnc4)cc3)cc2)cc1. The smallest absolute Gasteiger partial charge is 0.271 e. The van der Waals surface area contributed by atoms with Gasteiger partial charge in [-0.05, 0) is 73.5 Å². The molecule has 0 saturated carbocycles. The number of carbonyl (C=O) groups excluding carboxylic acids is 1. The van der Waals surface area contributed by atoms with Crippen LogP contribution < -0.4 is 14.9 Å². The third kappa shape index (κ3) is 5.89. The van der Waals surface area contributed by atoms with Gasteiger partial charge in [0.25, 0.3) is 5.91 Å². The van der Waals surface area contributed by atoms with Gasteiger partial charge in [0.1, 0.15) is 18.1 Å². The van der Waals surface area contributed by atoms with Crippen molar-refractivity contribution >= 4 is 11.6 Å². The van der Waals surface area contributed by atoms with Crippen LogP contribution in [0.5, 0.6) is 11.5 Å². The molecule has 0 aliphatic heterocycles. The lowest BCUT2D eigenvalue weighted by molar-refractivity contribution is 0.0954. The minimum Gasteiger partial charge on any atom is -0.494 e. The molecule has 3 aromatic carbocycles. The van der Waals surface area contributed by atoms with E-state index in [0.717, 1.165) is 28.3 Å². The van der Waals surface area contributed by atoms with Crippen molar-refractivity contribution < 1.29 is 14.3 Å². The molecule has 1 heterocycles. The minimum atomic E-state index is -0.270. The van der Waals surface area contributed by atoms with Gasteiger partial charge in [0.15, 0.2) is 0 Å². The van der Waals surface area contributed by atoms with Crippen LogP contribution in [0.15, 0.2) is 96.6 Å². The third-order valence-corrected chi connectivity index (χ3v) is 5.17. The fourth-order valence-corrected chi connectivity index (χ4v) is 3.27. The van der Waals surface area contributed by atoms with Gasteiger partial charge in [-0.25, -0.2) is 10.4 Å². The predicted molar refractivity (Wildman–Crippen MR) is 132 cm³/mol. The number of hydrazone groups is 1. The Labute approximate surface area is 198 Å². The highest BCUT2D eigenvalue weighted by Gasteiger charge is 2.06. The van der Waals surface area contributed by atoms with E-state index in [1.54, 1.807) is 24.7 Å². The fourth-order valence-electron chi connectivity index (χ4n) is 3.27. The molecule has 0 saturated heterocycles. The van der Waals surface area contributed by atoms with Crippen LogP contribution >= 0.6 is 0 Å². The molecule has 4 rings (SSSR count). The molecule has 34 heavy (non-hydrogen) atoms. The van der Waals surface area contributed by atoms with E-state index < -0.39 is 0 Å². The minimum absolute atomic E-state index is 0.270. The molecule has 1 aromatic heterocycles. The molecule has 0 aliphatic carbocycles. The molecule has 0 fully saturated rings. The number of rotatable bonds is 9. The summed E-state index contributed by atoms with van der Waals surface area (Å²) in [4.78, 5) is 16.5. The first-order valence-electron chi connectivity index (χ1n) is 11.0. The Morgan fingerprint density at radius 2 is 1.56 bits per heavy atom. The predicted octanol–water partition coefficient (Wildman–Crippen LogP) is 5.00. The molecule has 0 atom stereocenters. The molecule has 172 valence electrons. The molecule has 0 bridgehead atoms. The van der Waals surface area contributed by atoms with Crippen molar-refractivity contribution in [2.24, 2.45) is 5.10 Å². The standard InChI is InChI=1S/C27H26N4O3/c1-3-33-25-12-14-26(15-13-25)34-18-21-4-6-23(7-5-21)27(32)30-29-20(2)22-8-10-24(11-9-22)31-17-16-28-19-31/h4-17,19H,3,18H2,1-2H3,(H,30,32). The van der Waals surface area contributed by atoms with Crippen LogP contribution in [0.4, 0.5) is 0 Å². The summed E-state index contributed by atoms with van der Waals surface area (Å²) in [6, 6.07) is 22.6. The Morgan fingerprint density at radius 3 is 2.18 bits per heavy atom. The van der Waals surface area contributed by atoms with E-state index in [1.807, 2.05) is 85.3 Å². The van der Waals surface area contributed by atoms with E-state index in [1.165, 1.54) is 0 Å². The van der Waals surface area contributed by atoms with E-state index in [2.05, 4.69) is 15.5 Å². The molecule has 0 aliphatic rings. The number of aromatic nitrogens is 2. The monoisotopic (exact) mass is 454 g/mol. The third-order valence-electron chi connectivity index (χ3n) is 5.17.